The molecular formula is C53H94NO8P. The Hall–Kier alpha value is -2.55. The van der Waals surface area contributed by atoms with E-state index in [1.165, 1.54) is 96.3 Å². The average Bonchev–Trinajstić information content (AvgIpc) is 3.24. The first-order valence-corrected chi connectivity index (χ1v) is 26.6. The number of phosphoric ester groups is 1. The SMILES string of the molecule is CC/C=C\C/C=C\C/C=C\C/C=C\C/C=C\C/C=C\CCCCC(=O)OC(COC(=O)CCCCCCCCCCCCCCCCCCCC)COP(=O)([O-])OCC[N+](C)(C)C. The van der Waals surface area contributed by atoms with Crippen molar-refractivity contribution in [1.29, 1.82) is 0 Å². The van der Waals surface area contributed by atoms with Crippen LogP contribution >= 0.6 is 7.82 Å². The van der Waals surface area contributed by atoms with Crippen LogP contribution in [0.25, 0.3) is 0 Å². The first kappa shape index (κ1) is 60.5. The molecule has 0 fully saturated rings. The van der Waals surface area contributed by atoms with Crippen molar-refractivity contribution >= 4 is 19.8 Å². The number of likely N-dealkylation sites (N-methyl/N-ethyl adjacent to an activating group) is 1. The fraction of sp³-hybridized carbons (Fsp3) is 0.736. The summed E-state index contributed by atoms with van der Waals surface area (Å²) < 4.78 is 34.0. The first-order chi connectivity index (χ1) is 30.5. The molecule has 0 saturated carbocycles. The molecule has 0 spiro atoms. The van der Waals surface area contributed by atoms with Gasteiger partial charge in [-0.2, -0.15) is 0 Å². The fourth-order valence-electron chi connectivity index (χ4n) is 6.60. The average molecular weight is 904 g/mol. The van der Waals surface area contributed by atoms with Crippen LogP contribution in [0.1, 0.15) is 200 Å². The van der Waals surface area contributed by atoms with Gasteiger partial charge >= 0.3 is 11.9 Å². The Morgan fingerprint density at radius 3 is 1.35 bits per heavy atom. The first-order valence-electron chi connectivity index (χ1n) is 25.1. The molecule has 364 valence electrons. The van der Waals surface area contributed by atoms with E-state index in [4.69, 9.17) is 18.5 Å². The van der Waals surface area contributed by atoms with Crippen molar-refractivity contribution in [3.05, 3.63) is 72.9 Å². The van der Waals surface area contributed by atoms with E-state index in [2.05, 4.69) is 86.8 Å². The molecule has 0 aromatic carbocycles. The summed E-state index contributed by atoms with van der Waals surface area (Å²) in [7, 11) is 1.13. The summed E-state index contributed by atoms with van der Waals surface area (Å²) in [4.78, 5) is 37.7. The molecule has 0 saturated heterocycles. The van der Waals surface area contributed by atoms with Crippen LogP contribution in [0.2, 0.25) is 0 Å². The van der Waals surface area contributed by atoms with Crippen molar-refractivity contribution in [2.24, 2.45) is 0 Å². The Kier molecular flexibility index (Phi) is 42.8. The fourth-order valence-corrected chi connectivity index (χ4v) is 7.33. The lowest BCUT2D eigenvalue weighted by atomic mass is 10.0. The Bertz CT molecular complexity index is 1300. The molecule has 0 N–H and O–H groups in total. The lowest BCUT2D eigenvalue weighted by Gasteiger charge is -2.28. The van der Waals surface area contributed by atoms with E-state index < -0.39 is 32.5 Å². The molecule has 0 aromatic rings. The van der Waals surface area contributed by atoms with E-state index >= 15 is 0 Å². The van der Waals surface area contributed by atoms with E-state index in [0.29, 0.717) is 17.4 Å². The van der Waals surface area contributed by atoms with Gasteiger partial charge in [0.1, 0.15) is 19.8 Å². The second-order valence-corrected chi connectivity index (χ2v) is 19.2. The van der Waals surface area contributed by atoms with Crippen molar-refractivity contribution in [2.75, 3.05) is 47.5 Å². The molecule has 10 heteroatoms. The number of carbonyl (C=O) groups is 2. The highest BCUT2D eigenvalue weighted by Crippen LogP contribution is 2.38. The zero-order valence-electron chi connectivity index (χ0n) is 41.0. The van der Waals surface area contributed by atoms with Crippen LogP contribution in [0.5, 0.6) is 0 Å². The summed E-state index contributed by atoms with van der Waals surface area (Å²) >= 11 is 0. The minimum atomic E-state index is -4.64. The van der Waals surface area contributed by atoms with Crippen LogP contribution in [0.4, 0.5) is 0 Å². The zero-order chi connectivity index (χ0) is 46.4. The number of rotatable bonds is 45. The summed E-state index contributed by atoms with van der Waals surface area (Å²) in [6.07, 6.45) is 56.5. The lowest BCUT2D eigenvalue weighted by Crippen LogP contribution is -2.37. The van der Waals surface area contributed by atoms with Gasteiger partial charge in [0.2, 0.25) is 0 Å². The van der Waals surface area contributed by atoms with E-state index in [-0.39, 0.29) is 26.1 Å². The molecule has 0 rings (SSSR count). The van der Waals surface area contributed by atoms with Gasteiger partial charge in [0, 0.05) is 12.8 Å². The van der Waals surface area contributed by atoms with Crippen LogP contribution in [0.15, 0.2) is 72.9 Å². The van der Waals surface area contributed by atoms with Gasteiger partial charge < -0.3 is 27.9 Å². The van der Waals surface area contributed by atoms with Crippen LogP contribution in [0, 0.1) is 0 Å². The monoisotopic (exact) mass is 904 g/mol. The van der Waals surface area contributed by atoms with Crippen molar-refractivity contribution in [3.8, 4) is 0 Å². The predicted molar refractivity (Wildman–Crippen MR) is 263 cm³/mol. The highest BCUT2D eigenvalue weighted by molar-refractivity contribution is 7.45. The molecule has 0 aliphatic rings. The Labute approximate surface area is 387 Å². The van der Waals surface area contributed by atoms with Crippen molar-refractivity contribution in [2.45, 2.75) is 206 Å². The molecular weight excluding hydrogens is 810 g/mol. The van der Waals surface area contributed by atoms with Crippen LogP contribution in [-0.2, 0) is 32.7 Å². The number of unbranched alkanes of at least 4 members (excludes halogenated alkanes) is 19. The Morgan fingerprint density at radius 2 is 0.905 bits per heavy atom. The van der Waals surface area contributed by atoms with E-state index in [9.17, 15) is 19.0 Å². The topological polar surface area (TPSA) is 111 Å². The molecule has 9 nitrogen and oxygen atoms in total. The molecule has 2 atom stereocenters. The molecule has 63 heavy (non-hydrogen) atoms. The second kappa shape index (κ2) is 44.6. The van der Waals surface area contributed by atoms with Crippen LogP contribution in [-0.4, -0.2) is 70.0 Å². The second-order valence-electron chi connectivity index (χ2n) is 17.8. The minimum absolute atomic E-state index is 0.0418. The zero-order valence-corrected chi connectivity index (χ0v) is 41.9. The molecule has 0 amide bonds. The summed E-state index contributed by atoms with van der Waals surface area (Å²) in [6, 6.07) is 0. The maximum atomic E-state index is 12.7. The lowest BCUT2D eigenvalue weighted by molar-refractivity contribution is -0.870. The molecule has 0 bridgehead atoms. The summed E-state index contributed by atoms with van der Waals surface area (Å²) in [5, 5.41) is 0. The number of hydrogen-bond donors (Lipinski definition) is 0. The normalized spacial score (nSPS) is 14.1. The number of hydrogen-bond acceptors (Lipinski definition) is 8. The summed E-state index contributed by atoms with van der Waals surface area (Å²) in [5.41, 5.74) is 0. The highest BCUT2D eigenvalue weighted by atomic mass is 31.2. The van der Waals surface area contributed by atoms with E-state index in [0.717, 1.165) is 70.6 Å². The van der Waals surface area contributed by atoms with Crippen molar-refractivity contribution in [3.63, 3.8) is 0 Å². The number of nitrogens with zero attached hydrogens (tertiary/aromatic N) is 1. The minimum Gasteiger partial charge on any atom is -0.756 e. The number of allylic oxidation sites excluding steroid dienone is 12. The van der Waals surface area contributed by atoms with Gasteiger partial charge in [-0.1, -0.05) is 196 Å². The van der Waals surface area contributed by atoms with Gasteiger partial charge in [-0.05, 0) is 64.2 Å². The molecule has 0 heterocycles. The Balaban J connectivity index is 4.36. The predicted octanol–water partition coefficient (Wildman–Crippen LogP) is 14.3. The third kappa shape index (κ3) is 48.7. The van der Waals surface area contributed by atoms with E-state index in [1.807, 2.05) is 21.1 Å². The third-order valence-corrected chi connectivity index (χ3v) is 11.5. The van der Waals surface area contributed by atoms with Gasteiger partial charge in [0.25, 0.3) is 7.82 Å². The summed E-state index contributed by atoms with van der Waals surface area (Å²) in [5.74, 6) is -0.883. The summed E-state index contributed by atoms with van der Waals surface area (Å²) in [6.45, 7) is 4.08. The van der Waals surface area contributed by atoms with Gasteiger partial charge in [-0.15, -0.1) is 0 Å². The number of esters is 2. The van der Waals surface area contributed by atoms with Gasteiger partial charge in [0.15, 0.2) is 6.10 Å². The smallest absolute Gasteiger partial charge is 0.306 e. The van der Waals surface area contributed by atoms with Crippen molar-refractivity contribution in [1.82, 2.24) is 0 Å². The van der Waals surface area contributed by atoms with Gasteiger partial charge in [0.05, 0.1) is 27.7 Å². The maximum Gasteiger partial charge on any atom is 0.306 e. The number of phosphoric acid groups is 1. The molecule has 0 aromatic heterocycles. The van der Waals surface area contributed by atoms with Gasteiger partial charge in [-0.25, -0.2) is 0 Å². The molecule has 2 unspecified atom stereocenters. The largest absolute Gasteiger partial charge is 0.756 e. The molecule has 0 aliphatic carbocycles. The maximum absolute atomic E-state index is 12.7. The highest BCUT2D eigenvalue weighted by Gasteiger charge is 2.21. The number of carbonyl (C=O) groups excluding carboxylic acids is 2. The van der Waals surface area contributed by atoms with Crippen LogP contribution < -0.4 is 4.89 Å². The molecule has 0 radical (unpaired) electrons. The molecule has 0 aliphatic heterocycles. The number of ether oxygens (including phenoxy) is 2. The number of quaternary nitrogens is 1. The van der Waals surface area contributed by atoms with Gasteiger partial charge in [-0.3, -0.25) is 14.2 Å². The standard InChI is InChI=1S/C53H94NO8P/c1-6-8-10-12-14-16-18-20-22-24-26-27-28-30-32-34-36-38-40-42-44-46-53(56)62-51(50-61-63(57,58)60-48-47-54(3,4)5)49-59-52(55)45-43-41-39-37-35-33-31-29-25-23-21-19-17-15-13-11-9-7-2/h8,10,14,16,20,22,26-27,30,32,36,38,51H,6-7,9,11-13,15,17-19,21,23-25,28-29,31,33-35,37,39-50H2,1-5H3/b10-8-,16-14-,22-20-,27-26-,32-30-,38-36-. The quantitative estimate of drug-likeness (QED) is 0.0195. The Morgan fingerprint density at radius 1 is 0.508 bits per heavy atom. The van der Waals surface area contributed by atoms with Crippen molar-refractivity contribution < 1.29 is 42.1 Å². The third-order valence-electron chi connectivity index (χ3n) is 10.5. The van der Waals surface area contributed by atoms with E-state index in [1.54, 1.807) is 0 Å². The van der Waals surface area contributed by atoms with Crippen LogP contribution in [0.3, 0.4) is 0 Å².